The molecule has 0 amide bonds. The van der Waals surface area contributed by atoms with Gasteiger partial charge >= 0.3 is 0 Å². The molecule has 17 aromatic rings. The summed E-state index contributed by atoms with van der Waals surface area (Å²) in [6.45, 7) is 8.15. The van der Waals surface area contributed by atoms with E-state index in [1.54, 1.807) is 0 Å². The summed E-state index contributed by atoms with van der Waals surface area (Å²) in [6.07, 6.45) is 0. The molecule has 0 spiro atoms. The summed E-state index contributed by atoms with van der Waals surface area (Å²) in [4.78, 5) is 20.4. The lowest BCUT2D eigenvalue weighted by Crippen LogP contribution is -2.03. The van der Waals surface area contributed by atoms with E-state index in [9.17, 15) is 10.5 Å². The molecule has 0 bridgehead atoms. The smallest absolute Gasteiger partial charge is 0.187 e. The van der Waals surface area contributed by atoms with E-state index >= 15 is 0 Å². The Kier molecular flexibility index (Phi) is 14.5. The highest BCUT2D eigenvalue weighted by Crippen LogP contribution is 2.45. The van der Waals surface area contributed by atoms with Gasteiger partial charge in [-0.1, -0.05) is 231 Å². The molecule has 8 heteroatoms. The van der Waals surface area contributed by atoms with Crippen molar-refractivity contribution < 1.29 is 0 Å². The second-order valence-electron chi connectivity index (χ2n) is 24.5. The second kappa shape index (κ2) is 24.6. The molecular formula is C90H54N8. The molecule has 0 aliphatic rings. The lowest BCUT2D eigenvalue weighted by atomic mass is 9.98. The highest BCUT2D eigenvalue weighted by molar-refractivity contribution is 6.14. The largest absolute Gasteiger partial charge is 0.309 e. The Morgan fingerprint density at radius 3 is 0.939 bits per heavy atom. The van der Waals surface area contributed by atoms with E-state index in [0.29, 0.717) is 34.3 Å². The maximum Gasteiger partial charge on any atom is 0.187 e. The van der Waals surface area contributed by atoms with Crippen LogP contribution in [0, 0.1) is 29.2 Å². The van der Waals surface area contributed by atoms with Gasteiger partial charge in [0.15, 0.2) is 23.2 Å². The third-order valence-electron chi connectivity index (χ3n) is 18.6. The Bertz CT molecular complexity index is 5630. The van der Waals surface area contributed by atoms with Crippen LogP contribution in [0.5, 0.6) is 0 Å². The molecule has 0 saturated heterocycles. The Balaban J connectivity index is 0.920. The molecule has 14 aromatic carbocycles. The third kappa shape index (κ3) is 10.6. The van der Waals surface area contributed by atoms with Crippen LogP contribution in [0.15, 0.2) is 328 Å². The number of hydrogen-bond donors (Lipinski definition) is 0. The van der Waals surface area contributed by atoms with E-state index in [1.807, 2.05) is 103 Å². The van der Waals surface area contributed by atoms with Crippen LogP contribution in [0.3, 0.4) is 0 Å². The van der Waals surface area contributed by atoms with Crippen molar-refractivity contribution in [1.29, 1.82) is 10.5 Å². The standard InChI is InChI=1S/C90H54N8/c1-93-75-33-17-31-71(49-75)77-41-35-74(55-87(77)98-84-44-38-68(62-24-10-4-11-25-62)52-80(84)81-53-69(39-45-85(81)98)63-26-12-5-13-27-63)90-95-88(72-32-16-29-65(48-72)64-28-14-18-58(46-64)56-91)94-89(96-90)73-34-40-76(70-30-15-19-59(47-70)57-92)86(54-73)97-82-42-36-66(60-20-6-2-7-21-60)50-78(82)79-51-67(37-43-83(79)97)61-22-8-3-9-23-61/h2-55H. The monoisotopic (exact) mass is 1250 g/mol. The fraction of sp³-hybridized carbons (Fsp3) is 0. The summed E-state index contributed by atoms with van der Waals surface area (Å²) < 4.78 is 4.70. The Labute approximate surface area is 566 Å². The first-order valence-corrected chi connectivity index (χ1v) is 32.4. The van der Waals surface area contributed by atoms with Gasteiger partial charge < -0.3 is 9.13 Å². The maximum absolute atomic E-state index is 10.4. The van der Waals surface area contributed by atoms with Crippen molar-refractivity contribution in [3.8, 4) is 136 Å². The zero-order valence-electron chi connectivity index (χ0n) is 52.8. The van der Waals surface area contributed by atoms with Gasteiger partial charge in [-0.15, -0.1) is 0 Å². The number of fused-ring (bicyclic) bond motifs is 6. The number of nitrogens with zero attached hydrogens (tertiary/aromatic N) is 8. The maximum atomic E-state index is 10.4. The fourth-order valence-corrected chi connectivity index (χ4v) is 13.9. The molecule has 98 heavy (non-hydrogen) atoms. The first kappa shape index (κ1) is 58.0. The third-order valence-corrected chi connectivity index (χ3v) is 18.6. The number of nitriles is 2. The topological polar surface area (TPSA) is 100 Å². The van der Waals surface area contributed by atoms with E-state index in [0.717, 1.165) is 150 Å². The molecule has 3 heterocycles. The van der Waals surface area contributed by atoms with Crippen molar-refractivity contribution in [3.63, 3.8) is 0 Å². The minimum absolute atomic E-state index is 0.438. The van der Waals surface area contributed by atoms with E-state index in [4.69, 9.17) is 21.5 Å². The van der Waals surface area contributed by atoms with Gasteiger partial charge in [-0.2, -0.15) is 10.5 Å². The van der Waals surface area contributed by atoms with Crippen molar-refractivity contribution in [1.82, 2.24) is 24.1 Å². The summed E-state index contributed by atoms with van der Waals surface area (Å²) in [5.74, 6) is 1.32. The van der Waals surface area contributed by atoms with Gasteiger partial charge in [0.1, 0.15) is 0 Å². The van der Waals surface area contributed by atoms with E-state index in [2.05, 4.69) is 251 Å². The van der Waals surface area contributed by atoms with Gasteiger partial charge in [0.25, 0.3) is 0 Å². The first-order chi connectivity index (χ1) is 48.4. The van der Waals surface area contributed by atoms with Crippen molar-refractivity contribution in [2.24, 2.45) is 0 Å². The predicted molar refractivity (Wildman–Crippen MR) is 399 cm³/mol. The quantitative estimate of drug-likeness (QED) is 0.113. The minimum atomic E-state index is 0.438. The molecule has 8 nitrogen and oxygen atoms in total. The number of benzene rings is 14. The number of hydrogen-bond acceptors (Lipinski definition) is 5. The summed E-state index contributed by atoms with van der Waals surface area (Å²) in [5, 5.41) is 24.7. The van der Waals surface area contributed by atoms with Gasteiger partial charge in [0, 0.05) is 49.4 Å². The molecule has 0 aliphatic heterocycles. The summed E-state index contributed by atoms with van der Waals surface area (Å²) in [5.41, 5.74) is 23.9. The molecular weight excluding hydrogens is 1190 g/mol. The van der Waals surface area contributed by atoms with E-state index < -0.39 is 0 Å². The highest BCUT2D eigenvalue weighted by Gasteiger charge is 2.24. The van der Waals surface area contributed by atoms with Crippen molar-refractivity contribution in [3.05, 3.63) is 350 Å². The lowest BCUT2D eigenvalue weighted by Gasteiger charge is -2.18. The van der Waals surface area contributed by atoms with E-state index in [1.165, 1.54) is 0 Å². The molecule has 0 unspecified atom stereocenters. The van der Waals surface area contributed by atoms with Crippen molar-refractivity contribution in [2.45, 2.75) is 0 Å². The number of rotatable bonds is 12. The second-order valence-corrected chi connectivity index (χ2v) is 24.5. The first-order valence-electron chi connectivity index (χ1n) is 32.4. The predicted octanol–water partition coefficient (Wildman–Crippen LogP) is 23.0. The zero-order valence-corrected chi connectivity index (χ0v) is 52.8. The highest BCUT2D eigenvalue weighted by atomic mass is 15.0. The van der Waals surface area contributed by atoms with Gasteiger partial charge in [0.2, 0.25) is 0 Å². The van der Waals surface area contributed by atoms with Crippen LogP contribution < -0.4 is 0 Å². The normalized spacial score (nSPS) is 11.2. The molecule has 0 saturated carbocycles. The van der Waals surface area contributed by atoms with Crippen molar-refractivity contribution >= 4 is 49.3 Å². The minimum Gasteiger partial charge on any atom is -0.309 e. The molecule has 454 valence electrons. The molecule has 3 aromatic heterocycles. The summed E-state index contributed by atoms with van der Waals surface area (Å²) in [6, 6.07) is 118. The lowest BCUT2D eigenvalue weighted by molar-refractivity contribution is 1.07. The van der Waals surface area contributed by atoms with Crippen LogP contribution in [-0.2, 0) is 0 Å². The van der Waals surface area contributed by atoms with Gasteiger partial charge in [-0.3, -0.25) is 0 Å². The van der Waals surface area contributed by atoms with Crippen LogP contribution in [0.2, 0.25) is 0 Å². The average Bonchev–Trinajstić information content (AvgIpc) is 1.58. The van der Waals surface area contributed by atoms with Crippen LogP contribution in [0.1, 0.15) is 11.1 Å². The van der Waals surface area contributed by atoms with Gasteiger partial charge in [-0.05, 0) is 164 Å². The molecule has 0 radical (unpaired) electrons. The summed E-state index contributed by atoms with van der Waals surface area (Å²) in [7, 11) is 0. The van der Waals surface area contributed by atoms with Crippen LogP contribution in [-0.4, -0.2) is 24.1 Å². The summed E-state index contributed by atoms with van der Waals surface area (Å²) >= 11 is 0. The van der Waals surface area contributed by atoms with Crippen LogP contribution in [0.4, 0.5) is 5.69 Å². The molecule has 17 rings (SSSR count). The van der Waals surface area contributed by atoms with E-state index in [-0.39, 0.29) is 0 Å². The average molecular weight is 1250 g/mol. The van der Waals surface area contributed by atoms with Crippen LogP contribution >= 0.6 is 0 Å². The van der Waals surface area contributed by atoms with Gasteiger partial charge in [-0.25, -0.2) is 19.8 Å². The van der Waals surface area contributed by atoms with Crippen molar-refractivity contribution in [2.75, 3.05) is 0 Å². The fourth-order valence-electron chi connectivity index (χ4n) is 13.9. The number of aromatic nitrogens is 5. The SMILES string of the molecule is [C-]#[N+]c1cccc(-c2ccc(-c3nc(-c4cccc(-c5cccc(C#N)c5)c4)nc(-c4ccc(-c5cccc(C#N)c5)c(-n5c6ccc(-c7ccccc7)cc6c6cc(-c7ccccc7)ccc65)c4)n3)cc2-n2c3ccc(-c4ccccc4)cc3c3cc(-c4ccccc4)ccc32)c1. The Morgan fingerprint density at radius 1 is 0.255 bits per heavy atom. The Morgan fingerprint density at radius 2 is 0.551 bits per heavy atom. The molecule has 0 fully saturated rings. The van der Waals surface area contributed by atoms with Gasteiger partial charge in [0.05, 0.1) is 63.3 Å². The zero-order chi connectivity index (χ0) is 65.6. The molecule has 0 aliphatic carbocycles. The molecule has 0 atom stereocenters. The van der Waals surface area contributed by atoms with Crippen LogP contribution in [0.25, 0.3) is 172 Å². The Hall–Kier alpha value is -13.8. The molecule has 0 N–H and O–H groups in total.